The first-order valence-electron chi connectivity index (χ1n) is 22.6. The monoisotopic (exact) mass is 891 g/mol. The number of carbonyl (C=O) groups excluding carboxylic acids is 4. The molecule has 0 amide bonds. The van der Waals surface area contributed by atoms with Crippen LogP contribution < -0.4 is 0 Å². The number of aliphatic hydroxyl groups is 4. The van der Waals surface area contributed by atoms with Gasteiger partial charge in [-0.25, -0.2) is 9.59 Å². The molecule has 4 unspecified atom stereocenters. The summed E-state index contributed by atoms with van der Waals surface area (Å²) in [7, 11) is 2.55. The summed E-state index contributed by atoms with van der Waals surface area (Å²) in [5.74, 6) is -7.81. The molecule has 3 heterocycles. The molecule has 4 aliphatic rings. The molecule has 4 N–H and O–H groups in total. The second-order valence-electron chi connectivity index (χ2n) is 19.1. The van der Waals surface area contributed by atoms with Gasteiger partial charge in [-0.05, 0) is 70.6 Å². The molecule has 63 heavy (non-hydrogen) atoms. The van der Waals surface area contributed by atoms with E-state index in [1.165, 1.54) is 40.2 Å². The van der Waals surface area contributed by atoms with Gasteiger partial charge >= 0.3 is 23.9 Å². The van der Waals surface area contributed by atoms with Crippen molar-refractivity contribution in [2.75, 3.05) is 14.2 Å². The highest BCUT2D eigenvalue weighted by Gasteiger charge is 2.60. The maximum atomic E-state index is 13.5. The third-order valence-electron chi connectivity index (χ3n) is 13.3. The zero-order valence-electron chi connectivity index (χ0n) is 38.8. The number of methoxy groups -OCH3 is 2. The summed E-state index contributed by atoms with van der Waals surface area (Å²) in [6.45, 7) is 12.1. The Hall–Kier alpha value is -3.44. The molecule has 0 aromatic carbocycles. The Labute approximate surface area is 373 Å². The van der Waals surface area contributed by atoms with E-state index in [1.807, 2.05) is 32.9 Å². The van der Waals surface area contributed by atoms with Crippen molar-refractivity contribution >= 4 is 23.9 Å². The Bertz CT molecular complexity index is 1680. The van der Waals surface area contributed by atoms with Crippen molar-refractivity contribution in [3.63, 3.8) is 0 Å². The first-order chi connectivity index (χ1) is 29.6. The number of rotatable bonds is 11. The van der Waals surface area contributed by atoms with Gasteiger partial charge in [-0.1, -0.05) is 77.0 Å². The smallest absolute Gasteiger partial charge is 0.331 e. The topological polar surface area (TPSA) is 214 Å². The Morgan fingerprint density at radius 2 is 1.67 bits per heavy atom. The van der Waals surface area contributed by atoms with Gasteiger partial charge in [0, 0.05) is 54.6 Å². The molecule has 6 bridgehead atoms. The number of allylic oxidation sites excluding steroid dienone is 5. The van der Waals surface area contributed by atoms with Crippen LogP contribution in [0.5, 0.6) is 0 Å². The minimum absolute atomic E-state index is 0.0454. The minimum atomic E-state index is -2.29. The van der Waals surface area contributed by atoms with Crippen molar-refractivity contribution in [1.82, 2.24) is 0 Å². The van der Waals surface area contributed by atoms with Crippen molar-refractivity contribution in [1.29, 1.82) is 0 Å². The molecule has 356 valence electrons. The molecule has 15 heteroatoms. The van der Waals surface area contributed by atoms with Gasteiger partial charge in [-0.2, -0.15) is 0 Å². The first-order valence-corrected chi connectivity index (χ1v) is 22.6. The van der Waals surface area contributed by atoms with Crippen LogP contribution in [0.25, 0.3) is 0 Å². The lowest BCUT2D eigenvalue weighted by Gasteiger charge is -2.54. The molecule has 1 saturated carbocycles. The quantitative estimate of drug-likeness (QED) is 0.0464. The number of esters is 4. The van der Waals surface area contributed by atoms with Crippen LogP contribution in [0.2, 0.25) is 0 Å². The summed E-state index contributed by atoms with van der Waals surface area (Å²) < 4.78 is 41.1. The van der Waals surface area contributed by atoms with Crippen LogP contribution in [-0.4, -0.2) is 113 Å². The highest BCUT2D eigenvalue weighted by atomic mass is 16.7. The third kappa shape index (κ3) is 13.8. The summed E-state index contributed by atoms with van der Waals surface area (Å²) >= 11 is 0. The maximum Gasteiger partial charge on any atom is 0.331 e. The molecule has 15 nitrogen and oxygen atoms in total. The highest BCUT2D eigenvalue weighted by molar-refractivity contribution is 5.83. The summed E-state index contributed by atoms with van der Waals surface area (Å²) in [6, 6.07) is 0. The molecule has 0 aromatic heterocycles. The predicted octanol–water partition coefficient (Wildman–Crippen LogP) is 6.05. The Morgan fingerprint density at radius 3 is 2.32 bits per heavy atom. The second kappa shape index (κ2) is 22.6. The summed E-state index contributed by atoms with van der Waals surface area (Å²) in [4.78, 5) is 52.5. The van der Waals surface area contributed by atoms with Crippen LogP contribution in [-0.2, 0) is 52.3 Å². The van der Waals surface area contributed by atoms with Gasteiger partial charge in [0.05, 0.1) is 45.1 Å². The average molecular weight is 891 g/mol. The molecular formula is C48H74O15. The van der Waals surface area contributed by atoms with Gasteiger partial charge in [-0.3, -0.25) is 9.59 Å². The summed E-state index contributed by atoms with van der Waals surface area (Å²) in [5, 5.41) is 46.9. The fourth-order valence-electron chi connectivity index (χ4n) is 9.55. The molecular weight excluding hydrogens is 817 g/mol. The minimum Gasteiger partial charge on any atom is -0.469 e. The molecule has 0 aromatic rings. The predicted molar refractivity (Wildman–Crippen MR) is 231 cm³/mol. The fourth-order valence-corrected chi connectivity index (χ4v) is 9.55. The Morgan fingerprint density at radius 1 is 0.937 bits per heavy atom. The van der Waals surface area contributed by atoms with E-state index >= 15 is 0 Å². The van der Waals surface area contributed by atoms with Gasteiger partial charge in [-0.15, -0.1) is 0 Å². The second-order valence-corrected chi connectivity index (χ2v) is 19.1. The number of hydrogen-bond acceptors (Lipinski definition) is 15. The lowest BCUT2D eigenvalue weighted by atomic mass is 9.66. The number of unbranched alkanes of at least 4 members (excludes halogenated alkanes) is 1. The number of ether oxygens (including phenoxy) is 7. The zero-order chi connectivity index (χ0) is 46.8. The van der Waals surface area contributed by atoms with E-state index in [0.717, 1.165) is 18.4 Å². The van der Waals surface area contributed by atoms with Gasteiger partial charge in [0.15, 0.2) is 18.2 Å². The van der Waals surface area contributed by atoms with Crippen LogP contribution in [0, 0.1) is 28.6 Å². The van der Waals surface area contributed by atoms with E-state index in [1.54, 1.807) is 32.1 Å². The average Bonchev–Trinajstić information content (AvgIpc) is 3.19. The Kier molecular flexibility index (Phi) is 18.8. The van der Waals surface area contributed by atoms with E-state index < -0.39 is 95.1 Å². The van der Waals surface area contributed by atoms with Crippen molar-refractivity contribution in [2.45, 2.75) is 186 Å². The number of aliphatic hydroxyl groups excluding tert-OH is 2. The van der Waals surface area contributed by atoms with Crippen molar-refractivity contribution < 1.29 is 72.8 Å². The molecule has 0 radical (unpaired) electrons. The largest absolute Gasteiger partial charge is 0.469 e. The van der Waals surface area contributed by atoms with Crippen LogP contribution in [0.1, 0.15) is 132 Å². The molecule has 1 aliphatic carbocycles. The van der Waals surface area contributed by atoms with Crippen molar-refractivity contribution in [3.05, 3.63) is 48.1 Å². The SMILES string of the molecule is CCCC=CC=CC(=O)OC1C(CC(=O)OC)C[C@H]2C[C@H]([C@@H](C)O)OC(=O)CCC[C@@H]3C[C@H](OC(C)O)C(C)(C)[C@](O)(C[C@@H]4CC(=CC(=O)OC)C[C@H](C=CC(C)(C)C1(O)O2)C4)O3. The number of fused-ring (bicyclic) bond motifs is 6. The number of cyclic esters (lactones) is 1. The number of hydrogen-bond donors (Lipinski definition) is 4. The van der Waals surface area contributed by atoms with Crippen LogP contribution in [0.15, 0.2) is 48.1 Å². The molecule has 0 spiro atoms. The van der Waals surface area contributed by atoms with E-state index in [2.05, 4.69) is 0 Å². The first kappa shape index (κ1) is 52.2. The van der Waals surface area contributed by atoms with Crippen LogP contribution in [0.3, 0.4) is 0 Å². The van der Waals surface area contributed by atoms with Gasteiger partial charge < -0.3 is 53.6 Å². The van der Waals surface area contributed by atoms with Crippen LogP contribution in [0.4, 0.5) is 0 Å². The highest BCUT2D eigenvalue weighted by Crippen LogP contribution is 2.52. The fraction of sp³-hybridized carbons (Fsp3) is 0.750. The van der Waals surface area contributed by atoms with E-state index in [0.29, 0.717) is 38.5 Å². The molecule has 12 atom stereocenters. The molecule has 3 fully saturated rings. The number of carbonyl (C=O) groups is 4. The molecule has 4 rings (SSSR count). The summed E-state index contributed by atoms with van der Waals surface area (Å²) in [6.07, 6.45) is 8.85. The Balaban J connectivity index is 1.85. The zero-order valence-corrected chi connectivity index (χ0v) is 38.8. The van der Waals surface area contributed by atoms with E-state index in [9.17, 15) is 39.6 Å². The van der Waals surface area contributed by atoms with Gasteiger partial charge in [0.1, 0.15) is 6.10 Å². The van der Waals surface area contributed by atoms with E-state index in [4.69, 9.17) is 33.2 Å². The maximum absolute atomic E-state index is 13.5. The molecule has 2 saturated heterocycles. The van der Waals surface area contributed by atoms with Crippen LogP contribution >= 0.6 is 0 Å². The van der Waals surface area contributed by atoms with Crippen molar-refractivity contribution in [3.8, 4) is 0 Å². The lowest BCUT2D eigenvalue weighted by Crippen LogP contribution is -2.64. The molecule has 3 aliphatic heterocycles. The van der Waals surface area contributed by atoms with Gasteiger partial charge in [0.2, 0.25) is 5.79 Å². The normalized spacial score (nSPS) is 35.6. The van der Waals surface area contributed by atoms with E-state index in [-0.39, 0.29) is 43.9 Å². The lowest BCUT2D eigenvalue weighted by molar-refractivity contribution is -0.357. The van der Waals surface area contributed by atoms with Crippen molar-refractivity contribution in [2.24, 2.45) is 28.6 Å². The standard InChI is InChI=1S/C48H74O15/c1-10-11-12-13-14-17-41(52)61-44-35(26-43(54)58-9)25-37-27-38(30(2)49)60-40(51)18-15-16-36-28-39(59-31(3)50)46(6,7)47(55,62-36)29-34-22-32(21-33(23-34)24-42(53)57-8)19-20-45(4,5)48(44,56)63-37/h12-14,17,19-20,24,30-32,34-39,44,49-50,55-56H,10-11,15-16,18,21-23,25-29H2,1-9H3/t30-,31?,32+,34+,35?,36-,37+,38-,39+,44?,47+,48?/m1/s1. The third-order valence-corrected chi connectivity index (χ3v) is 13.3. The van der Waals surface area contributed by atoms with Gasteiger partial charge in [0.25, 0.3) is 0 Å². The summed E-state index contributed by atoms with van der Waals surface area (Å²) in [5.41, 5.74) is -1.57.